The molecule has 0 heterocycles. The van der Waals surface area contributed by atoms with E-state index in [4.69, 9.17) is 5.73 Å². The van der Waals surface area contributed by atoms with E-state index >= 15 is 0 Å². The van der Waals surface area contributed by atoms with Crippen LogP contribution in [0, 0.1) is 5.92 Å². The second kappa shape index (κ2) is 5.68. The van der Waals surface area contributed by atoms with Crippen molar-refractivity contribution in [3.05, 3.63) is 34.9 Å². The summed E-state index contributed by atoms with van der Waals surface area (Å²) in [6.07, 6.45) is 7.54. The predicted molar refractivity (Wildman–Crippen MR) is 74.1 cm³/mol. The van der Waals surface area contributed by atoms with E-state index in [9.17, 15) is 0 Å². The Hall–Kier alpha value is -0.820. The van der Waals surface area contributed by atoms with Crippen molar-refractivity contribution in [1.29, 1.82) is 0 Å². The van der Waals surface area contributed by atoms with Crippen molar-refractivity contribution in [3.8, 4) is 0 Å². The third kappa shape index (κ3) is 3.32. The Morgan fingerprint density at radius 1 is 1.06 bits per heavy atom. The van der Waals surface area contributed by atoms with Crippen LogP contribution in [0.4, 0.5) is 0 Å². The lowest BCUT2D eigenvalue weighted by Gasteiger charge is -2.19. The summed E-state index contributed by atoms with van der Waals surface area (Å²) < 4.78 is 0. The van der Waals surface area contributed by atoms with Gasteiger partial charge in [0.2, 0.25) is 0 Å². The molecular formula is C16H25N. The first-order chi connectivity index (χ1) is 8.16. The molecule has 0 radical (unpaired) electrons. The van der Waals surface area contributed by atoms with Crippen molar-refractivity contribution in [2.24, 2.45) is 11.7 Å². The molecule has 1 atom stereocenters. The molecule has 1 aliphatic rings. The maximum Gasteiger partial charge on any atom is 0.0295 e. The van der Waals surface area contributed by atoms with Gasteiger partial charge < -0.3 is 5.73 Å². The highest BCUT2D eigenvalue weighted by Crippen LogP contribution is 2.26. The minimum Gasteiger partial charge on any atom is -0.324 e. The van der Waals surface area contributed by atoms with Crippen LogP contribution in [0.25, 0.3) is 0 Å². The van der Waals surface area contributed by atoms with Crippen LogP contribution in [0.2, 0.25) is 0 Å². The Labute approximate surface area is 105 Å². The fourth-order valence-corrected chi connectivity index (χ4v) is 2.66. The van der Waals surface area contributed by atoms with Crippen molar-refractivity contribution >= 4 is 0 Å². The number of rotatable bonds is 4. The van der Waals surface area contributed by atoms with E-state index < -0.39 is 0 Å². The van der Waals surface area contributed by atoms with Gasteiger partial charge in [-0.25, -0.2) is 0 Å². The molecule has 2 rings (SSSR count). The number of benzene rings is 1. The lowest BCUT2D eigenvalue weighted by atomic mass is 9.88. The van der Waals surface area contributed by atoms with E-state index in [1.807, 2.05) is 0 Å². The van der Waals surface area contributed by atoms with Gasteiger partial charge in [-0.1, -0.05) is 32.0 Å². The topological polar surface area (TPSA) is 26.0 Å². The second-order valence-electron chi connectivity index (χ2n) is 5.81. The molecule has 1 aliphatic carbocycles. The first-order valence-corrected chi connectivity index (χ1v) is 7.04. The molecule has 0 aliphatic heterocycles. The zero-order chi connectivity index (χ0) is 12.3. The molecule has 1 aromatic carbocycles. The van der Waals surface area contributed by atoms with Gasteiger partial charge in [-0.05, 0) is 61.1 Å². The molecule has 0 bridgehead atoms. The van der Waals surface area contributed by atoms with Gasteiger partial charge in [0.25, 0.3) is 0 Å². The maximum atomic E-state index is 6.28. The number of hydrogen-bond acceptors (Lipinski definition) is 1. The first kappa shape index (κ1) is 12.6. The highest BCUT2D eigenvalue weighted by Gasteiger charge is 2.12. The molecule has 1 heteroatoms. The molecule has 17 heavy (non-hydrogen) atoms. The van der Waals surface area contributed by atoms with Gasteiger partial charge >= 0.3 is 0 Å². The number of hydrogen-bond donors (Lipinski definition) is 1. The van der Waals surface area contributed by atoms with Gasteiger partial charge in [0.05, 0.1) is 0 Å². The Bertz CT molecular complexity index is 368. The summed E-state index contributed by atoms with van der Waals surface area (Å²) in [5.74, 6) is 0.749. The zero-order valence-electron chi connectivity index (χ0n) is 11.2. The third-order valence-electron chi connectivity index (χ3n) is 3.86. The molecular weight excluding hydrogens is 206 g/mol. The Morgan fingerprint density at radius 3 is 2.47 bits per heavy atom. The summed E-state index contributed by atoms with van der Waals surface area (Å²) in [6.45, 7) is 4.53. The molecule has 1 nitrogen and oxygen atoms in total. The van der Waals surface area contributed by atoms with Gasteiger partial charge in [0.15, 0.2) is 0 Å². The van der Waals surface area contributed by atoms with Gasteiger partial charge in [0.1, 0.15) is 0 Å². The highest BCUT2D eigenvalue weighted by atomic mass is 14.6. The van der Waals surface area contributed by atoms with E-state index in [1.165, 1.54) is 37.7 Å². The molecule has 94 valence electrons. The smallest absolute Gasteiger partial charge is 0.0295 e. The Morgan fingerprint density at radius 2 is 1.76 bits per heavy atom. The summed E-state index contributed by atoms with van der Waals surface area (Å²) in [5, 5.41) is 0. The third-order valence-corrected chi connectivity index (χ3v) is 3.86. The normalized spacial score (nSPS) is 16.9. The first-order valence-electron chi connectivity index (χ1n) is 7.04. The molecule has 2 N–H and O–H groups in total. The van der Waals surface area contributed by atoms with Gasteiger partial charge in [-0.2, -0.15) is 0 Å². The molecule has 0 spiro atoms. The van der Waals surface area contributed by atoms with Crippen molar-refractivity contribution < 1.29 is 0 Å². The fourth-order valence-electron chi connectivity index (χ4n) is 2.66. The zero-order valence-corrected chi connectivity index (χ0v) is 11.2. The minimum atomic E-state index is 0.227. The van der Waals surface area contributed by atoms with Crippen LogP contribution in [0.3, 0.4) is 0 Å². The van der Waals surface area contributed by atoms with Crippen LogP contribution in [0.15, 0.2) is 18.2 Å². The molecule has 0 saturated carbocycles. The Kier molecular flexibility index (Phi) is 4.22. The lowest BCUT2D eigenvalue weighted by Crippen LogP contribution is -2.13. The summed E-state index contributed by atoms with van der Waals surface area (Å²) in [5.41, 5.74) is 10.7. The molecule has 1 aromatic rings. The number of fused-ring (bicyclic) bond motifs is 1. The minimum absolute atomic E-state index is 0.227. The SMILES string of the molecule is CC(C)CCC(N)c1ccc2c(c1)CCCC2. The van der Waals surface area contributed by atoms with E-state index in [2.05, 4.69) is 32.0 Å². The van der Waals surface area contributed by atoms with Crippen LogP contribution in [-0.2, 0) is 12.8 Å². The molecule has 0 aromatic heterocycles. The molecule has 0 saturated heterocycles. The average Bonchev–Trinajstić information content (AvgIpc) is 2.35. The van der Waals surface area contributed by atoms with Gasteiger partial charge in [-0.15, -0.1) is 0 Å². The van der Waals surface area contributed by atoms with Crippen molar-refractivity contribution in [2.75, 3.05) is 0 Å². The monoisotopic (exact) mass is 231 g/mol. The summed E-state index contributed by atoms with van der Waals surface area (Å²) >= 11 is 0. The maximum absolute atomic E-state index is 6.28. The van der Waals surface area contributed by atoms with E-state index in [-0.39, 0.29) is 6.04 Å². The largest absolute Gasteiger partial charge is 0.324 e. The number of aryl methyl sites for hydroxylation is 2. The van der Waals surface area contributed by atoms with Crippen LogP contribution in [0.1, 0.15) is 62.3 Å². The van der Waals surface area contributed by atoms with Crippen LogP contribution in [-0.4, -0.2) is 0 Å². The quantitative estimate of drug-likeness (QED) is 0.832. The lowest BCUT2D eigenvalue weighted by molar-refractivity contribution is 0.506. The summed E-state index contributed by atoms with van der Waals surface area (Å²) in [7, 11) is 0. The van der Waals surface area contributed by atoms with Crippen molar-refractivity contribution in [3.63, 3.8) is 0 Å². The van der Waals surface area contributed by atoms with Crippen LogP contribution < -0.4 is 5.73 Å². The standard InChI is InChI=1S/C16H25N/c1-12(2)7-10-16(17)15-9-8-13-5-3-4-6-14(13)11-15/h8-9,11-12,16H,3-7,10,17H2,1-2H3. The van der Waals surface area contributed by atoms with E-state index in [0.29, 0.717) is 0 Å². The van der Waals surface area contributed by atoms with E-state index in [1.54, 1.807) is 11.1 Å². The summed E-state index contributed by atoms with van der Waals surface area (Å²) in [4.78, 5) is 0. The average molecular weight is 231 g/mol. The number of nitrogens with two attached hydrogens (primary N) is 1. The summed E-state index contributed by atoms with van der Waals surface area (Å²) in [6, 6.07) is 7.14. The Balaban J connectivity index is 2.05. The molecule has 0 amide bonds. The van der Waals surface area contributed by atoms with Crippen LogP contribution >= 0.6 is 0 Å². The van der Waals surface area contributed by atoms with E-state index in [0.717, 1.165) is 12.3 Å². The van der Waals surface area contributed by atoms with Crippen molar-refractivity contribution in [1.82, 2.24) is 0 Å². The highest BCUT2D eigenvalue weighted by molar-refractivity contribution is 5.35. The van der Waals surface area contributed by atoms with Gasteiger partial charge in [0, 0.05) is 6.04 Å². The predicted octanol–water partition coefficient (Wildman–Crippen LogP) is 4.00. The molecule has 1 unspecified atom stereocenters. The molecule has 0 fully saturated rings. The van der Waals surface area contributed by atoms with Crippen LogP contribution in [0.5, 0.6) is 0 Å². The van der Waals surface area contributed by atoms with Gasteiger partial charge in [-0.3, -0.25) is 0 Å². The second-order valence-corrected chi connectivity index (χ2v) is 5.81. The fraction of sp³-hybridized carbons (Fsp3) is 0.625. The van der Waals surface area contributed by atoms with Crippen molar-refractivity contribution in [2.45, 2.75) is 58.4 Å².